The summed E-state index contributed by atoms with van der Waals surface area (Å²) in [4.78, 5) is 0.839. The van der Waals surface area contributed by atoms with E-state index in [2.05, 4.69) is 0 Å². The molecule has 7 aromatic carbocycles. The predicted molar refractivity (Wildman–Crippen MR) is 209 cm³/mol. The fourth-order valence-corrected chi connectivity index (χ4v) is 7.23. The molecule has 240 valence electrons. The van der Waals surface area contributed by atoms with Gasteiger partial charge in [0.25, 0.3) is 0 Å². The molecule has 0 aliphatic heterocycles. The van der Waals surface area contributed by atoms with Crippen molar-refractivity contribution in [1.82, 2.24) is 0 Å². The summed E-state index contributed by atoms with van der Waals surface area (Å²) in [5.41, 5.74) is -8.85. The van der Waals surface area contributed by atoms with Gasteiger partial charge in [-0.3, -0.25) is 0 Å². The van der Waals surface area contributed by atoms with Crippen LogP contribution >= 0.6 is 0 Å². The van der Waals surface area contributed by atoms with Crippen molar-refractivity contribution in [2.24, 2.45) is 0 Å². The van der Waals surface area contributed by atoms with E-state index in [4.69, 9.17) is 22.2 Å². The van der Waals surface area contributed by atoms with Crippen molar-refractivity contribution in [1.29, 1.82) is 0 Å². The molecule has 0 radical (unpaired) electrons. The van der Waals surface area contributed by atoms with E-state index in [0.717, 1.165) is 4.90 Å². The van der Waals surface area contributed by atoms with E-state index >= 15 is 0 Å². The van der Waals surface area contributed by atoms with Crippen molar-refractivity contribution in [3.63, 3.8) is 0 Å². The highest BCUT2D eigenvalue weighted by Gasteiger charge is 2.39. The largest absolute Gasteiger partial charge is 0.455 e. The first kappa shape index (κ1) is 13.8. The van der Waals surface area contributed by atoms with Crippen LogP contribution in [0.2, 0.25) is 0 Å². The van der Waals surface area contributed by atoms with Crippen molar-refractivity contribution in [2.75, 3.05) is 4.90 Å². The Kier molecular flexibility index (Phi) is 2.85. The van der Waals surface area contributed by atoms with Gasteiger partial charge in [0.1, 0.15) is 11.2 Å². The van der Waals surface area contributed by atoms with Crippen molar-refractivity contribution in [3.05, 3.63) is 173 Å². The van der Waals surface area contributed by atoms with Crippen molar-refractivity contribution >= 4 is 39.0 Å². The number of benzene rings is 7. The van der Waals surface area contributed by atoms with E-state index in [1.165, 1.54) is 19.9 Å². The van der Waals surface area contributed by atoms with Crippen LogP contribution in [0.4, 0.5) is 17.1 Å². The normalized spacial score (nSPS) is 21.4. The maximum Gasteiger partial charge on any atom is 0.145 e. The van der Waals surface area contributed by atoms with Gasteiger partial charge in [0.05, 0.1) is 49.7 Å². The average Bonchev–Trinajstić information content (AvgIpc) is 3.93. The van der Waals surface area contributed by atoms with Gasteiger partial charge >= 0.3 is 0 Å². The van der Waals surface area contributed by atoms with E-state index in [-0.39, 0.29) is 44.5 Å². The molecular formula is C48H37NO. The third-order valence-electron chi connectivity index (χ3n) is 9.63. The molecular weight excluding hydrogens is 607 g/mol. The molecule has 0 unspecified atom stereocenters. The van der Waals surface area contributed by atoms with E-state index in [9.17, 15) is 15.1 Å². The van der Waals surface area contributed by atoms with Crippen LogP contribution in [-0.4, -0.2) is 0 Å². The summed E-state index contributed by atoms with van der Waals surface area (Å²) < 4.78 is 226. The molecule has 8 aromatic rings. The molecule has 0 saturated heterocycles. The van der Waals surface area contributed by atoms with Crippen molar-refractivity contribution in [3.8, 4) is 33.4 Å². The Morgan fingerprint density at radius 2 is 1.20 bits per heavy atom. The minimum absolute atomic E-state index is 0.0791. The number of para-hydroxylation sites is 1. The number of rotatable bonds is 4. The zero-order valence-corrected chi connectivity index (χ0v) is 26.9. The summed E-state index contributed by atoms with van der Waals surface area (Å²) in [6, 6.07) is -17.1. The molecule has 1 aromatic heterocycles. The first-order valence-corrected chi connectivity index (χ1v) is 15.7. The van der Waals surface area contributed by atoms with Gasteiger partial charge in [0.2, 0.25) is 0 Å². The molecule has 0 bridgehead atoms. The van der Waals surface area contributed by atoms with Gasteiger partial charge in [-0.1, -0.05) is 143 Å². The Labute approximate surface area is 327 Å². The van der Waals surface area contributed by atoms with Crippen LogP contribution in [0, 0.1) is 0 Å². The Morgan fingerprint density at radius 3 is 2.06 bits per heavy atom. The number of hydrogen-bond donors (Lipinski definition) is 0. The molecule has 10 rings (SSSR count). The molecule has 2 aliphatic carbocycles. The highest BCUT2D eigenvalue weighted by atomic mass is 16.3. The van der Waals surface area contributed by atoms with Crippen LogP contribution in [0.3, 0.4) is 0 Å². The zero-order valence-electron chi connectivity index (χ0n) is 50.9. The number of fused-ring (bicyclic) bond motifs is 9. The summed E-state index contributed by atoms with van der Waals surface area (Å²) >= 11 is 0. The van der Waals surface area contributed by atoms with E-state index in [1.807, 2.05) is 0 Å². The Morgan fingerprint density at radius 1 is 0.520 bits per heavy atom. The Hall–Kier alpha value is -5.86. The molecule has 0 fully saturated rings. The van der Waals surface area contributed by atoms with E-state index in [1.54, 1.807) is 13.8 Å². The fourth-order valence-electron chi connectivity index (χ4n) is 7.23. The molecule has 0 N–H and O–H groups in total. The highest BCUT2D eigenvalue weighted by molar-refractivity contribution is 6.17. The van der Waals surface area contributed by atoms with Crippen LogP contribution in [0.1, 0.15) is 82.8 Å². The lowest BCUT2D eigenvalue weighted by molar-refractivity contribution is 0.660. The quantitative estimate of drug-likeness (QED) is 0.186. The molecule has 2 heteroatoms. The third kappa shape index (κ3) is 3.91. The Balaban J connectivity index is 1.53. The van der Waals surface area contributed by atoms with Gasteiger partial charge in [-0.15, -0.1) is 0 Å². The smallest absolute Gasteiger partial charge is 0.145 e. The monoisotopic (exact) mass is 667 g/mol. The third-order valence-corrected chi connectivity index (χ3v) is 9.63. The first-order chi connectivity index (χ1) is 34.3. The van der Waals surface area contributed by atoms with Gasteiger partial charge in [-0.25, -0.2) is 0 Å². The van der Waals surface area contributed by atoms with Gasteiger partial charge in [-0.2, -0.15) is 0 Å². The molecule has 0 amide bonds. The maximum absolute atomic E-state index is 10.3. The SMILES string of the molecule is [2H]c1cc2c(c([2H])c1[2H])C(C)(C)c1c([2H])c(N(c3c([2H])c([2H])c([2H])c4c3-c3c([2H])c([2H])c([2H])c([2H])c3C4(C)C)c3c([2H])c([2H])c(-c4c([2H])c([2H])c([2H])c([2H])c4[2H])c4oc5c([2H])c([2H])c([2H])c([2H])c5c34)c([2H])c([2H])c1-2. The zero-order chi connectivity index (χ0) is 54.7. The minimum Gasteiger partial charge on any atom is -0.455 e. The Bertz CT molecular complexity index is 4000. The van der Waals surface area contributed by atoms with Gasteiger partial charge in [0.15, 0.2) is 0 Å². The second-order valence-corrected chi connectivity index (χ2v) is 13.1. The second-order valence-electron chi connectivity index (χ2n) is 13.1. The van der Waals surface area contributed by atoms with Gasteiger partial charge in [0, 0.05) is 33.0 Å². The van der Waals surface area contributed by atoms with Gasteiger partial charge in [-0.05, 0) is 80.8 Å². The van der Waals surface area contributed by atoms with Crippen LogP contribution in [0.5, 0.6) is 0 Å². The molecule has 0 saturated carbocycles. The maximum atomic E-state index is 10.3. The predicted octanol–water partition coefficient (Wildman–Crippen LogP) is 13.3. The van der Waals surface area contributed by atoms with Crippen LogP contribution in [-0.2, 0) is 10.8 Å². The van der Waals surface area contributed by atoms with Crippen LogP contribution in [0.25, 0.3) is 55.3 Å². The summed E-state index contributed by atoms with van der Waals surface area (Å²) in [5.74, 6) is 0. The topological polar surface area (TPSA) is 16.4 Å². The summed E-state index contributed by atoms with van der Waals surface area (Å²) in [6.07, 6.45) is 0. The van der Waals surface area contributed by atoms with E-state index in [0.29, 0.717) is 0 Å². The van der Waals surface area contributed by atoms with E-state index < -0.39 is 206 Å². The summed E-state index contributed by atoms with van der Waals surface area (Å²) in [5, 5.41) is -1.14. The molecule has 50 heavy (non-hydrogen) atoms. The fraction of sp³-hybridized carbons (Fsp3) is 0.125. The lowest BCUT2D eigenvalue weighted by Crippen LogP contribution is -2.17. The molecule has 2 nitrogen and oxygen atoms in total. The standard InChI is InChI=1S/C48H37NO/c1-47(2)38-21-12-9-18-35(38)44-39(47)22-14-23-41(44)49(31-25-26-34-33-17-8-11-20-37(33)48(3,4)40(34)29-31)42-28-27-32(30-15-6-5-7-16-30)46-45(42)36-19-10-13-24-43(36)50-46/h5-29H,1-4H3/i5D,6D,7D,8D,9D,10D,11D,12D,13D,14D,15D,16D,18D,19D,20D,21D,22D,23D,24D,25D,26D,27D,28D,29D. The minimum atomic E-state index is -1.60. The summed E-state index contributed by atoms with van der Waals surface area (Å²) in [6.45, 7) is 6.17. The number of nitrogens with zero attached hydrogens (tertiary/aromatic N) is 1. The number of furan rings is 1. The lowest BCUT2D eigenvalue weighted by Gasteiger charge is -2.31. The number of hydrogen-bond acceptors (Lipinski definition) is 2. The lowest BCUT2D eigenvalue weighted by atomic mass is 9.82. The molecule has 1 heterocycles. The van der Waals surface area contributed by atoms with Gasteiger partial charge < -0.3 is 9.32 Å². The van der Waals surface area contributed by atoms with Crippen molar-refractivity contribution < 1.29 is 37.3 Å². The number of anilines is 3. The average molecular weight is 668 g/mol. The second kappa shape index (κ2) is 10.3. The van der Waals surface area contributed by atoms with Crippen LogP contribution in [0.15, 0.2) is 156 Å². The molecule has 0 atom stereocenters. The highest BCUT2D eigenvalue weighted by Crippen LogP contribution is 2.57. The first-order valence-electron chi connectivity index (χ1n) is 27.7. The van der Waals surface area contributed by atoms with Crippen molar-refractivity contribution in [2.45, 2.75) is 38.5 Å². The van der Waals surface area contributed by atoms with Crippen LogP contribution < -0.4 is 4.90 Å². The molecule has 2 aliphatic rings. The summed E-state index contributed by atoms with van der Waals surface area (Å²) in [7, 11) is 0. The molecule has 0 spiro atoms.